The minimum atomic E-state index is -0.282. The number of carbonyl (C=O) groups is 2. The molecule has 0 fully saturated rings. The van der Waals surface area contributed by atoms with Crippen molar-refractivity contribution in [2.24, 2.45) is 0 Å². The Morgan fingerprint density at radius 3 is 2.52 bits per heavy atom. The predicted molar refractivity (Wildman–Crippen MR) is 114 cm³/mol. The Kier molecular flexibility index (Phi) is 6.89. The normalized spacial score (nSPS) is 10.9. The van der Waals surface area contributed by atoms with Crippen molar-refractivity contribution in [2.45, 2.75) is 32.9 Å². The molecule has 6 heteroatoms. The maximum atomic E-state index is 12.2. The Bertz CT molecular complexity index is 961. The van der Waals surface area contributed by atoms with Crippen LogP contribution in [-0.2, 0) is 11.3 Å². The van der Waals surface area contributed by atoms with Crippen LogP contribution in [0.3, 0.4) is 0 Å². The number of aryl methyl sites for hydroxylation is 1. The van der Waals surface area contributed by atoms with Gasteiger partial charge in [-0.15, -0.1) is 0 Å². The first-order chi connectivity index (χ1) is 14.0. The third-order valence-electron chi connectivity index (χ3n) is 4.48. The first kappa shape index (κ1) is 20.5. The molecule has 6 nitrogen and oxygen atoms in total. The molecule has 1 heterocycles. The number of amides is 2. The van der Waals surface area contributed by atoms with Crippen LogP contribution < -0.4 is 15.4 Å². The molecule has 2 amide bonds. The molecular formula is C23H27N3O3. The summed E-state index contributed by atoms with van der Waals surface area (Å²) in [6.45, 7) is 5.23. The number of ether oxygens (including phenoxy) is 1. The second-order valence-corrected chi connectivity index (χ2v) is 7.15. The fourth-order valence-electron chi connectivity index (χ4n) is 3.09. The second-order valence-electron chi connectivity index (χ2n) is 7.15. The first-order valence-corrected chi connectivity index (χ1v) is 9.88. The average Bonchev–Trinajstić information content (AvgIpc) is 3.13. The molecule has 0 saturated carbocycles. The van der Waals surface area contributed by atoms with Crippen LogP contribution in [0.25, 0.3) is 10.9 Å². The molecule has 0 saturated heterocycles. The molecule has 3 rings (SSSR count). The van der Waals surface area contributed by atoms with E-state index in [4.69, 9.17) is 4.74 Å². The Morgan fingerprint density at radius 2 is 1.76 bits per heavy atom. The van der Waals surface area contributed by atoms with Gasteiger partial charge in [0, 0.05) is 30.4 Å². The molecule has 0 unspecified atom stereocenters. The zero-order chi connectivity index (χ0) is 20.6. The topological polar surface area (TPSA) is 72.4 Å². The van der Waals surface area contributed by atoms with Crippen molar-refractivity contribution in [1.82, 2.24) is 15.2 Å². The molecule has 0 aliphatic rings. The van der Waals surface area contributed by atoms with Gasteiger partial charge in [0.15, 0.2) is 0 Å². The Hall–Kier alpha value is -3.28. The average molecular weight is 393 g/mol. The molecule has 2 aromatic carbocycles. The summed E-state index contributed by atoms with van der Waals surface area (Å²) in [4.78, 5) is 24.1. The Labute approximate surface area is 170 Å². The lowest BCUT2D eigenvalue weighted by atomic mass is 10.2. The molecule has 0 bridgehead atoms. The van der Waals surface area contributed by atoms with Crippen LogP contribution in [0.2, 0.25) is 0 Å². The highest BCUT2D eigenvalue weighted by atomic mass is 16.5. The predicted octanol–water partition coefficient (Wildman–Crippen LogP) is 3.36. The molecule has 0 atom stereocenters. The highest BCUT2D eigenvalue weighted by Crippen LogP contribution is 2.15. The maximum absolute atomic E-state index is 12.2. The van der Waals surface area contributed by atoms with Gasteiger partial charge in [-0.05, 0) is 62.1 Å². The molecule has 3 aromatic rings. The van der Waals surface area contributed by atoms with Gasteiger partial charge in [-0.2, -0.15) is 0 Å². The summed E-state index contributed by atoms with van der Waals surface area (Å²) < 4.78 is 7.73. The van der Waals surface area contributed by atoms with Crippen LogP contribution in [-0.4, -0.2) is 35.6 Å². The quantitative estimate of drug-likeness (QED) is 0.548. The van der Waals surface area contributed by atoms with Crippen LogP contribution in [0, 0.1) is 0 Å². The van der Waals surface area contributed by atoms with E-state index in [0.29, 0.717) is 17.9 Å². The van der Waals surface area contributed by atoms with Gasteiger partial charge in [0.1, 0.15) is 5.75 Å². The molecule has 152 valence electrons. The van der Waals surface area contributed by atoms with E-state index in [1.54, 1.807) is 24.3 Å². The highest BCUT2D eigenvalue weighted by molar-refractivity contribution is 5.96. The summed E-state index contributed by atoms with van der Waals surface area (Å²) >= 11 is 0. The number of rotatable bonds is 9. The van der Waals surface area contributed by atoms with Crippen molar-refractivity contribution in [3.8, 4) is 5.75 Å². The van der Waals surface area contributed by atoms with E-state index in [-0.39, 0.29) is 24.5 Å². The van der Waals surface area contributed by atoms with Crippen molar-refractivity contribution >= 4 is 22.7 Å². The van der Waals surface area contributed by atoms with Gasteiger partial charge in [0.05, 0.1) is 12.6 Å². The third-order valence-corrected chi connectivity index (χ3v) is 4.48. The van der Waals surface area contributed by atoms with Crippen molar-refractivity contribution in [3.63, 3.8) is 0 Å². The lowest BCUT2D eigenvalue weighted by Gasteiger charge is -2.10. The summed E-state index contributed by atoms with van der Waals surface area (Å²) in [5.41, 5.74) is 1.68. The number of hydrogen-bond donors (Lipinski definition) is 2. The zero-order valence-corrected chi connectivity index (χ0v) is 16.9. The van der Waals surface area contributed by atoms with Crippen LogP contribution in [0.4, 0.5) is 0 Å². The minimum Gasteiger partial charge on any atom is -0.491 e. The SMILES string of the molecule is CC(C)Oc1ccc(C(=O)NCC(=O)NCCCn2ccc3ccccc32)cc1. The van der Waals surface area contributed by atoms with Crippen LogP contribution >= 0.6 is 0 Å². The number of nitrogens with zero attached hydrogens (tertiary/aromatic N) is 1. The molecule has 29 heavy (non-hydrogen) atoms. The van der Waals surface area contributed by atoms with Gasteiger partial charge in [0.2, 0.25) is 5.91 Å². The Balaban J connectivity index is 1.36. The number of carbonyl (C=O) groups excluding carboxylic acids is 2. The van der Waals surface area contributed by atoms with Gasteiger partial charge >= 0.3 is 0 Å². The Morgan fingerprint density at radius 1 is 1.00 bits per heavy atom. The first-order valence-electron chi connectivity index (χ1n) is 9.88. The van der Waals surface area contributed by atoms with Crippen molar-refractivity contribution < 1.29 is 14.3 Å². The van der Waals surface area contributed by atoms with E-state index >= 15 is 0 Å². The number of aromatic nitrogens is 1. The van der Waals surface area contributed by atoms with Crippen molar-refractivity contribution in [3.05, 3.63) is 66.4 Å². The third kappa shape index (κ3) is 5.85. The zero-order valence-electron chi connectivity index (χ0n) is 16.9. The van der Waals surface area contributed by atoms with Gasteiger partial charge in [-0.3, -0.25) is 9.59 Å². The van der Waals surface area contributed by atoms with E-state index in [9.17, 15) is 9.59 Å². The van der Waals surface area contributed by atoms with Crippen LogP contribution in [0.15, 0.2) is 60.8 Å². The molecule has 1 aromatic heterocycles. The summed E-state index contributed by atoms with van der Waals surface area (Å²) in [7, 11) is 0. The molecule has 2 N–H and O–H groups in total. The van der Waals surface area contributed by atoms with Gasteiger partial charge < -0.3 is 19.9 Å². The molecule has 0 aliphatic heterocycles. The van der Waals surface area contributed by atoms with Gasteiger partial charge in [-0.25, -0.2) is 0 Å². The van der Waals surface area contributed by atoms with E-state index < -0.39 is 0 Å². The van der Waals surface area contributed by atoms with Crippen LogP contribution in [0.5, 0.6) is 5.75 Å². The minimum absolute atomic E-state index is 0.0461. The number of fused-ring (bicyclic) bond motifs is 1. The molecule has 0 spiro atoms. The van der Waals surface area contributed by atoms with E-state index in [1.807, 2.05) is 26.0 Å². The monoisotopic (exact) mass is 393 g/mol. The number of nitrogens with one attached hydrogen (secondary N) is 2. The van der Waals surface area contributed by atoms with Crippen molar-refractivity contribution in [2.75, 3.05) is 13.1 Å². The van der Waals surface area contributed by atoms with E-state index in [2.05, 4.69) is 39.6 Å². The van der Waals surface area contributed by atoms with Gasteiger partial charge in [0.25, 0.3) is 5.91 Å². The lowest BCUT2D eigenvalue weighted by molar-refractivity contribution is -0.120. The van der Waals surface area contributed by atoms with Crippen molar-refractivity contribution in [1.29, 1.82) is 0 Å². The highest BCUT2D eigenvalue weighted by Gasteiger charge is 2.08. The lowest BCUT2D eigenvalue weighted by Crippen LogP contribution is -2.37. The largest absolute Gasteiger partial charge is 0.491 e. The molecule has 0 aliphatic carbocycles. The number of hydrogen-bond acceptors (Lipinski definition) is 3. The summed E-state index contributed by atoms with van der Waals surface area (Å²) in [6.07, 6.45) is 2.95. The molecular weight excluding hydrogens is 366 g/mol. The maximum Gasteiger partial charge on any atom is 0.251 e. The molecule has 0 radical (unpaired) electrons. The fourth-order valence-corrected chi connectivity index (χ4v) is 3.09. The summed E-state index contributed by atoms with van der Waals surface area (Å²) in [6, 6.07) is 17.2. The standard InChI is InChI=1S/C23H27N3O3/c1-17(2)29-20-10-8-19(9-11-20)23(28)25-16-22(27)24-13-5-14-26-15-12-18-6-3-4-7-21(18)26/h3-4,6-12,15,17H,5,13-14,16H2,1-2H3,(H,24,27)(H,25,28). The van der Waals surface area contributed by atoms with Gasteiger partial charge in [-0.1, -0.05) is 18.2 Å². The van der Waals surface area contributed by atoms with E-state index in [1.165, 1.54) is 10.9 Å². The smallest absolute Gasteiger partial charge is 0.251 e. The van der Waals surface area contributed by atoms with E-state index in [0.717, 1.165) is 13.0 Å². The number of para-hydroxylation sites is 1. The fraction of sp³-hybridized carbons (Fsp3) is 0.304. The number of benzene rings is 2. The second kappa shape index (κ2) is 9.78. The van der Waals surface area contributed by atoms with Crippen LogP contribution in [0.1, 0.15) is 30.6 Å². The summed E-state index contributed by atoms with van der Waals surface area (Å²) in [5.74, 6) is 0.232. The summed E-state index contributed by atoms with van der Waals surface area (Å²) in [5, 5.41) is 6.70.